The van der Waals surface area contributed by atoms with Gasteiger partial charge in [-0.1, -0.05) is 19.9 Å². The van der Waals surface area contributed by atoms with Gasteiger partial charge >= 0.3 is 0 Å². The van der Waals surface area contributed by atoms with E-state index in [4.69, 9.17) is 10.5 Å². The molecule has 1 rings (SSSR count). The minimum absolute atomic E-state index is 0.265. The molecule has 0 spiro atoms. The average Bonchev–Trinajstić information content (AvgIpc) is 2.37. The van der Waals surface area contributed by atoms with E-state index in [-0.39, 0.29) is 11.6 Å². The normalized spacial score (nSPS) is 11.7. The lowest BCUT2D eigenvalue weighted by Crippen LogP contribution is -2.34. The topological polar surface area (TPSA) is 59.6 Å². The molecule has 0 unspecified atom stereocenters. The summed E-state index contributed by atoms with van der Waals surface area (Å²) < 4.78 is 18.7. The van der Waals surface area contributed by atoms with E-state index in [0.717, 1.165) is 12.1 Å². The van der Waals surface area contributed by atoms with Crippen molar-refractivity contribution in [3.05, 3.63) is 29.6 Å². The van der Waals surface area contributed by atoms with E-state index >= 15 is 0 Å². The number of nitrogens with one attached hydrogen (secondary N) is 1. The van der Waals surface area contributed by atoms with Crippen molar-refractivity contribution < 1.29 is 9.13 Å². The number of nitrogens with two attached hydrogens (primary N) is 1. The van der Waals surface area contributed by atoms with Gasteiger partial charge in [0.2, 0.25) is 0 Å². The zero-order chi connectivity index (χ0) is 14.3. The molecule has 0 aliphatic heterocycles. The van der Waals surface area contributed by atoms with E-state index in [0.29, 0.717) is 25.0 Å². The van der Waals surface area contributed by atoms with Gasteiger partial charge in [0.1, 0.15) is 0 Å². The highest BCUT2D eigenvalue weighted by atomic mass is 19.1. The average molecular weight is 267 g/mol. The van der Waals surface area contributed by atoms with Crippen LogP contribution < -0.4 is 15.8 Å². The molecular weight excluding hydrogens is 245 g/mol. The largest absolute Gasteiger partial charge is 0.491 e. The highest BCUT2D eigenvalue weighted by molar-refractivity contribution is 5.77. The van der Waals surface area contributed by atoms with Crippen LogP contribution in [0.3, 0.4) is 0 Å². The van der Waals surface area contributed by atoms with Crippen molar-refractivity contribution in [2.24, 2.45) is 16.6 Å². The first kappa shape index (κ1) is 15.3. The van der Waals surface area contributed by atoms with E-state index in [1.807, 2.05) is 6.92 Å². The summed E-state index contributed by atoms with van der Waals surface area (Å²) in [5.74, 6) is 0.768. The number of aliphatic imine (C=N–C) groups is 1. The Balaban J connectivity index is 2.57. The van der Waals surface area contributed by atoms with Gasteiger partial charge in [-0.3, -0.25) is 0 Å². The van der Waals surface area contributed by atoms with Gasteiger partial charge in [-0.15, -0.1) is 0 Å². The van der Waals surface area contributed by atoms with Crippen LogP contribution in [0.15, 0.2) is 23.2 Å². The Morgan fingerprint density at radius 1 is 1.47 bits per heavy atom. The highest BCUT2D eigenvalue weighted by Crippen LogP contribution is 2.18. The molecule has 106 valence electrons. The van der Waals surface area contributed by atoms with Crippen LogP contribution in [0.5, 0.6) is 5.75 Å². The third kappa shape index (κ3) is 5.59. The summed E-state index contributed by atoms with van der Waals surface area (Å²) >= 11 is 0. The molecular formula is C14H22FN3O. The van der Waals surface area contributed by atoms with Crippen molar-refractivity contribution in [1.82, 2.24) is 5.32 Å². The number of ether oxygens (including phenoxy) is 1. The van der Waals surface area contributed by atoms with Crippen LogP contribution in [0.2, 0.25) is 0 Å². The first-order valence-electron chi connectivity index (χ1n) is 6.48. The Morgan fingerprint density at radius 2 is 2.21 bits per heavy atom. The molecule has 0 heterocycles. The van der Waals surface area contributed by atoms with Gasteiger partial charge in [-0.25, -0.2) is 9.38 Å². The van der Waals surface area contributed by atoms with E-state index < -0.39 is 0 Å². The SMILES string of the molecule is CCOc1ccc(CN=C(N)NCC(C)C)cc1F. The van der Waals surface area contributed by atoms with E-state index in [9.17, 15) is 4.39 Å². The first-order valence-corrected chi connectivity index (χ1v) is 6.48. The van der Waals surface area contributed by atoms with E-state index in [1.54, 1.807) is 12.1 Å². The number of halogens is 1. The first-order chi connectivity index (χ1) is 9.02. The summed E-state index contributed by atoms with van der Waals surface area (Å²) in [6.45, 7) is 7.55. The van der Waals surface area contributed by atoms with Gasteiger partial charge in [0, 0.05) is 6.54 Å². The van der Waals surface area contributed by atoms with Crippen LogP contribution in [-0.2, 0) is 6.54 Å². The quantitative estimate of drug-likeness (QED) is 0.614. The Hall–Kier alpha value is -1.78. The van der Waals surface area contributed by atoms with Gasteiger partial charge in [0.25, 0.3) is 0 Å². The number of hydrogen-bond acceptors (Lipinski definition) is 2. The Bertz CT molecular complexity index is 433. The number of guanidine groups is 1. The summed E-state index contributed by atoms with van der Waals surface area (Å²) in [4.78, 5) is 4.16. The van der Waals surface area contributed by atoms with Crippen LogP contribution in [0.4, 0.5) is 4.39 Å². The molecule has 4 nitrogen and oxygen atoms in total. The third-order valence-electron chi connectivity index (χ3n) is 2.42. The highest BCUT2D eigenvalue weighted by Gasteiger charge is 2.04. The fraction of sp³-hybridized carbons (Fsp3) is 0.500. The molecule has 0 saturated carbocycles. The molecule has 1 aromatic rings. The number of nitrogens with zero attached hydrogens (tertiary/aromatic N) is 1. The summed E-state index contributed by atoms with van der Waals surface area (Å²) in [7, 11) is 0. The minimum atomic E-state index is -0.372. The number of hydrogen-bond donors (Lipinski definition) is 2. The molecule has 0 amide bonds. The zero-order valence-electron chi connectivity index (χ0n) is 11.7. The van der Waals surface area contributed by atoms with Gasteiger partial charge in [-0.2, -0.15) is 0 Å². The van der Waals surface area contributed by atoms with E-state index in [1.165, 1.54) is 6.07 Å². The molecule has 1 aromatic carbocycles. The maximum Gasteiger partial charge on any atom is 0.188 e. The smallest absolute Gasteiger partial charge is 0.188 e. The van der Waals surface area contributed by atoms with Crippen LogP contribution in [0, 0.1) is 11.7 Å². The predicted molar refractivity (Wildman–Crippen MR) is 75.7 cm³/mol. The molecule has 0 aromatic heterocycles. The van der Waals surface area contributed by atoms with Crippen molar-refractivity contribution in [3.8, 4) is 5.75 Å². The Labute approximate surface area is 113 Å². The maximum atomic E-state index is 13.6. The minimum Gasteiger partial charge on any atom is -0.491 e. The summed E-state index contributed by atoms with van der Waals surface area (Å²) in [6.07, 6.45) is 0. The fourth-order valence-electron chi connectivity index (χ4n) is 1.46. The van der Waals surface area contributed by atoms with Crippen molar-refractivity contribution in [3.63, 3.8) is 0 Å². The van der Waals surface area contributed by atoms with Crippen molar-refractivity contribution in [2.75, 3.05) is 13.2 Å². The molecule has 0 radical (unpaired) electrons. The molecule has 0 fully saturated rings. The number of benzene rings is 1. The van der Waals surface area contributed by atoms with Crippen molar-refractivity contribution in [1.29, 1.82) is 0 Å². The number of rotatable bonds is 6. The Kier molecular flexibility index (Phi) is 6.12. The lowest BCUT2D eigenvalue weighted by molar-refractivity contribution is 0.321. The van der Waals surface area contributed by atoms with Gasteiger partial charge in [0.15, 0.2) is 17.5 Å². The molecule has 0 atom stereocenters. The van der Waals surface area contributed by atoms with Crippen molar-refractivity contribution >= 4 is 5.96 Å². The second kappa shape index (κ2) is 7.61. The molecule has 0 saturated heterocycles. The molecule has 0 bridgehead atoms. The monoisotopic (exact) mass is 267 g/mol. The predicted octanol–water partition coefficient (Wildman–Crippen LogP) is 2.28. The Morgan fingerprint density at radius 3 is 2.79 bits per heavy atom. The van der Waals surface area contributed by atoms with Crippen LogP contribution in [0.1, 0.15) is 26.3 Å². The molecule has 3 N–H and O–H groups in total. The van der Waals surface area contributed by atoms with Gasteiger partial charge < -0.3 is 15.8 Å². The van der Waals surface area contributed by atoms with Crippen molar-refractivity contribution in [2.45, 2.75) is 27.3 Å². The standard InChI is InChI=1S/C14H22FN3O/c1-4-19-13-6-5-11(7-12(13)15)9-18-14(16)17-8-10(2)3/h5-7,10H,4,8-9H2,1-3H3,(H3,16,17,18). The van der Waals surface area contributed by atoms with Crippen LogP contribution in [0.25, 0.3) is 0 Å². The molecule has 0 aliphatic carbocycles. The summed E-state index contributed by atoms with van der Waals surface area (Å²) in [5, 5.41) is 3.01. The second-order valence-corrected chi connectivity index (χ2v) is 4.67. The molecule has 0 aliphatic rings. The maximum absolute atomic E-state index is 13.6. The van der Waals surface area contributed by atoms with Gasteiger partial charge in [0.05, 0.1) is 13.2 Å². The lowest BCUT2D eigenvalue weighted by atomic mass is 10.2. The third-order valence-corrected chi connectivity index (χ3v) is 2.42. The lowest BCUT2D eigenvalue weighted by Gasteiger charge is -2.08. The van der Waals surface area contributed by atoms with Crippen LogP contribution in [-0.4, -0.2) is 19.1 Å². The molecule has 5 heteroatoms. The van der Waals surface area contributed by atoms with Gasteiger partial charge in [-0.05, 0) is 30.5 Å². The summed E-state index contributed by atoms with van der Waals surface area (Å²) in [5.41, 5.74) is 6.47. The zero-order valence-corrected chi connectivity index (χ0v) is 11.7. The summed E-state index contributed by atoms with van der Waals surface area (Å²) in [6, 6.07) is 4.82. The molecule has 19 heavy (non-hydrogen) atoms. The van der Waals surface area contributed by atoms with Crippen LogP contribution >= 0.6 is 0 Å². The fourth-order valence-corrected chi connectivity index (χ4v) is 1.46. The van der Waals surface area contributed by atoms with E-state index in [2.05, 4.69) is 24.2 Å². The second-order valence-electron chi connectivity index (χ2n) is 4.67.